The van der Waals surface area contributed by atoms with Crippen LogP contribution in [-0.2, 0) is 9.53 Å². The van der Waals surface area contributed by atoms with E-state index in [0.29, 0.717) is 17.1 Å². The molecule has 0 saturated heterocycles. The van der Waals surface area contributed by atoms with Crippen molar-refractivity contribution in [2.24, 2.45) is 4.99 Å². The van der Waals surface area contributed by atoms with Gasteiger partial charge in [0, 0.05) is 11.6 Å². The number of rotatable bonds is 5. The van der Waals surface area contributed by atoms with Crippen molar-refractivity contribution in [2.75, 3.05) is 14.2 Å². The van der Waals surface area contributed by atoms with Gasteiger partial charge in [0.25, 0.3) is 0 Å². The Labute approximate surface area is 152 Å². The van der Waals surface area contributed by atoms with Crippen LogP contribution in [-0.4, -0.2) is 26.1 Å². The molecular weight excluding hydrogens is 330 g/mol. The Hall–Kier alpha value is -3.34. The van der Waals surface area contributed by atoms with Crippen LogP contribution in [0.15, 0.2) is 59.2 Å². The van der Waals surface area contributed by atoms with Crippen molar-refractivity contribution in [3.63, 3.8) is 0 Å². The fourth-order valence-corrected chi connectivity index (χ4v) is 2.44. The fourth-order valence-electron chi connectivity index (χ4n) is 2.44. The lowest BCUT2D eigenvalue weighted by Crippen LogP contribution is -2.01. The summed E-state index contributed by atoms with van der Waals surface area (Å²) in [4.78, 5) is 16.3. The summed E-state index contributed by atoms with van der Waals surface area (Å²) in [6.45, 7) is 2.03. The Bertz CT molecular complexity index is 908. The molecule has 0 saturated carbocycles. The van der Waals surface area contributed by atoms with Crippen LogP contribution in [0.5, 0.6) is 11.5 Å². The van der Waals surface area contributed by atoms with E-state index in [1.807, 2.05) is 37.3 Å². The van der Waals surface area contributed by atoms with Gasteiger partial charge in [-0.25, -0.2) is 9.79 Å². The quantitative estimate of drug-likeness (QED) is 0.604. The lowest BCUT2D eigenvalue weighted by Gasteiger charge is -2.07. The summed E-state index contributed by atoms with van der Waals surface area (Å²) < 4.78 is 15.7. The molecule has 3 rings (SSSR count). The zero-order valence-corrected chi connectivity index (χ0v) is 14.9. The lowest BCUT2D eigenvalue weighted by molar-refractivity contribution is -0.129. The van der Waals surface area contributed by atoms with Crippen molar-refractivity contribution >= 4 is 24.0 Å². The third kappa shape index (κ3) is 4.00. The Kier molecular flexibility index (Phi) is 5.17. The zero-order valence-electron chi connectivity index (χ0n) is 14.9. The number of hydrogen-bond acceptors (Lipinski definition) is 5. The lowest BCUT2D eigenvalue weighted by atomic mass is 10.1. The van der Waals surface area contributed by atoms with Crippen molar-refractivity contribution in [1.82, 2.24) is 0 Å². The molecule has 132 valence electrons. The molecule has 5 heteroatoms. The molecule has 2 aromatic rings. The number of benzene rings is 2. The van der Waals surface area contributed by atoms with Gasteiger partial charge < -0.3 is 14.2 Å². The first-order valence-electron chi connectivity index (χ1n) is 8.08. The van der Waals surface area contributed by atoms with Gasteiger partial charge in [0.1, 0.15) is 11.5 Å². The monoisotopic (exact) mass is 349 g/mol. The minimum atomic E-state index is -0.501. The molecule has 0 N–H and O–H groups in total. The summed E-state index contributed by atoms with van der Waals surface area (Å²) in [6.07, 6.45) is 5.14. The topological polar surface area (TPSA) is 57.1 Å². The molecule has 0 aliphatic carbocycles. The van der Waals surface area contributed by atoms with Gasteiger partial charge in [-0.3, -0.25) is 0 Å². The van der Waals surface area contributed by atoms with E-state index in [2.05, 4.69) is 4.99 Å². The number of aryl methyl sites for hydroxylation is 1. The third-order valence-corrected chi connectivity index (χ3v) is 3.86. The maximum atomic E-state index is 12.1. The molecule has 1 aliphatic heterocycles. The Morgan fingerprint density at radius 1 is 1.00 bits per heavy atom. The molecule has 0 amide bonds. The van der Waals surface area contributed by atoms with Crippen LogP contribution in [0.3, 0.4) is 0 Å². The van der Waals surface area contributed by atoms with E-state index >= 15 is 0 Å². The van der Waals surface area contributed by atoms with Crippen LogP contribution in [0.4, 0.5) is 0 Å². The highest BCUT2D eigenvalue weighted by atomic mass is 16.6. The van der Waals surface area contributed by atoms with Crippen molar-refractivity contribution in [3.05, 3.63) is 70.9 Å². The van der Waals surface area contributed by atoms with Gasteiger partial charge >= 0.3 is 5.97 Å². The van der Waals surface area contributed by atoms with Crippen LogP contribution in [0, 0.1) is 6.92 Å². The van der Waals surface area contributed by atoms with Crippen molar-refractivity contribution in [2.45, 2.75) is 6.92 Å². The summed E-state index contributed by atoms with van der Waals surface area (Å²) in [5.41, 5.74) is 3.08. The Balaban J connectivity index is 1.86. The van der Waals surface area contributed by atoms with Crippen molar-refractivity contribution in [1.29, 1.82) is 0 Å². The molecule has 1 aliphatic rings. The normalized spacial score (nSPS) is 15.3. The minimum Gasteiger partial charge on any atom is -0.497 e. The third-order valence-electron chi connectivity index (χ3n) is 3.86. The highest BCUT2D eigenvalue weighted by molar-refractivity contribution is 6.11. The first-order valence-corrected chi connectivity index (χ1v) is 8.08. The molecular formula is C21H19NO4. The largest absolute Gasteiger partial charge is 0.497 e. The molecule has 0 unspecified atom stereocenters. The Morgan fingerprint density at radius 2 is 1.77 bits per heavy atom. The number of cyclic esters (lactones) is 1. The number of ether oxygens (including phenoxy) is 3. The number of esters is 1. The fraction of sp³-hybridized carbons (Fsp3) is 0.143. The molecule has 0 spiro atoms. The summed E-state index contributed by atoms with van der Waals surface area (Å²) in [5.74, 6) is 1.03. The number of methoxy groups -OCH3 is 2. The molecule has 26 heavy (non-hydrogen) atoms. The first kappa shape index (κ1) is 17.5. The molecule has 0 aromatic heterocycles. The highest BCUT2D eigenvalue weighted by Crippen LogP contribution is 2.27. The predicted molar refractivity (Wildman–Crippen MR) is 101 cm³/mol. The number of aliphatic imine (C=N–C) groups is 1. The van der Waals surface area contributed by atoms with E-state index in [9.17, 15) is 4.79 Å². The first-order chi connectivity index (χ1) is 12.6. The van der Waals surface area contributed by atoms with E-state index < -0.39 is 5.97 Å². The smallest absolute Gasteiger partial charge is 0.363 e. The van der Waals surface area contributed by atoms with Gasteiger partial charge in [0.15, 0.2) is 5.70 Å². The van der Waals surface area contributed by atoms with E-state index in [0.717, 1.165) is 5.56 Å². The molecule has 5 nitrogen and oxygen atoms in total. The average Bonchev–Trinajstić information content (AvgIpc) is 3.00. The zero-order chi connectivity index (χ0) is 18.5. The molecule has 0 fully saturated rings. The maximum Gasteiger partial charge on any atom is 0.363 e. The van der Waals surface area contributed by atoms with Gasteiger partial charge in [-0.05, 0) is 42.8 Å². The summed E-state index contributed by atoms with van der Waals surface area (Å²) in [6, 6.07) is 13.3. The van der Waals surface area contributed by atoms with Gasteiger partial charge in [-0.15, -0.1) is 0 Å². The minimum absolute atomic E-state index is 0.208. The van der Waals surface area contributed by atoms with E-state index in [1.165, 1.54) is 5.56 Å². The van der Waals surface area contributed by atoms with Crippen LogP contribution < -0.4 is 9.47 Å². The number of hydrogen-bond donors (Lipinski definition) is 0. The van der Waals surface area contributed by atoms with Crippen LogP contribution in [0.2, 0.25) is 0 Å². The second-order valence-electron chi connectivity index (χ2n) is 5.72. The summed E-state index contributed by atoms with van der Waals surface area (Å²) in [7, 11) is 3.14. The summed E-state index contributed by atoms with van der Waals surface area (Å²) in [5, 5.41) is 0. The second-order valence-corrected chi connectivity index (χ2v) is 5.72. The number of carbonyl (C=O) groups is 1. The molecule has 2 aromatic carbocycles. The highest BCUT2D eigenvalue weighted by Gasteiger charge is 2.21. The second kappa shape index (κ2) is 7.70. The van der Waals surface area contributed by atoms with E-state index in [-0.39, 0.29) is 11.6 Å². The van der Waals surface area contributed by atoms with Gasteiger partial charge in [-0.2, -0.15) is 0 Å². The van der Waals surface area contributed by atoms with Crippen LogP contribution in [0.1, 0.15) is 16.7 Å². The SMILES string of the molecule is COc1ccc(OC)c(C=C2N=C(C=Cc3ccc(C)cc3)OC2=O)c1. The number of nitrogens with zero attached hydrogens (tertiary/aromatic N) is 1. The van der Waals surface area contributed by atoms with Crippen molar-refractivity contribution in [3.8, 4) is 11.5 Å². The standard InChI is InChI=1S/C21H19NO4/c1-14-4-6-15(7-5-14)8-11-20-22-18(21(23)26-20)13-16-12-17(24-2)9-10-19(16)25-3/h4-13H,1-3H3. The van der Waals surface area contributed by atoms with Crippen LogP contribution >= 0.6 is 0 Å². The van der Waals surface area contributed by atoms with Gasteiger partial charge in [0.2, 0.25) is 5.90 Å². The van der Waals surface area contributed by atoms with Crippen LogP contribution in [0.25, 0.3) is 12.2 Å². The molecule has 0 atom stereocenters. The predicted octanol–water partition coefficient (Wildman–Crippen LogP) is 4.02. The Morgan fingerprint density at radius 3 is 2.46 bits per heavy atom. The maximum absolute atomic E-state index is 12.1. The molecule has 0 radical (unpaired) electrons. The average molecular weight is 349 g/mol. The summed E-state index contributed by atoms with van der Waals surface area (Å²) >= 11 is 0. The van der Waals surface area contributed by atoms with Gasteiger partial charge in [-0.1, -0.05) is 29.8 Å². The van der Waals surface area contributed by atoms with Gasteiger partial charge in [0.05, 0.1) is 14.2 Å². The number of carbonyl (C=O) groups excluding carboxylic acids is 1. The van der Waals surface area contributed by atoms with Crippen molar-refractivity contribution < 1.29 is 19.0 Å². The molecule has 0 bridgehead atoms. The van der Waals surface area contributed by atoms with E-state index in [1.54, 1.807) is 44.6 Å². The van der Waals surface area contributed by atoms with E-state index in [4.69, 9.17) is 14.2 Å². The molecule has 1 heterocycles.